The molecule has 5 N–H and O–H groups in total. The number of nitrogens with zero attached hydrogens (tertiary/aromatic N) is 2. The van der Waals surface area contributed by atoms with E-state index in [0.717, 1.165) is 23.5 Å². The molecule has 1 aromatic heterocycles. The van der Waals surface area contributed by atoms with Crippen molar-refractivity contribution in [2.24, 2.45) is 11.7 Å². The van der Waals surface area contributed by atoms with Crippen LogP contribution in [-0.2, 0) is 11.2 Å². The Balaban J connectivity index is 2.62. The summed E-state index contributed by atoms with van der Waals surface area (Å²) in [6.07, 6.45) is 1.28. The third-order valence-corrected chi connectivity index (χ3v) is 5.66. The van der Waals surface area contributed by atoms with Gasteiger partial charge in [0, 0.05) is 11.2 Å². The summed E-state index contributed by atoms with van der Waals surface area (Å²) < 4.78 is 3.96. The molecule has 8 nitrogen and oxygen atoms in total. The first-order chi connectivity index (χ1) is 14.9. The summed E-state index contributed by atoms with van der Waals surface area (Å²) >= 11 is 0.806. The third-order valence-electron chi connectivity index (χ3n) is 4.80. The van der Waals surface area contributed by atoms with Crippen molar-refractivity contribution in [1.82, 2.24) is 9.69 Å². The van der Waals surface area contributed by atoms with Crippen molar-refractivity contribution in [2.45, 2.75) is 66.0 Å². The molecule has 0 saturated heterocycles. The van der Waals surface area contributed by atoms with E-state index in [0.29, 0.717) is 12.1 Å². The number of nitrogen functional groups attached to an aromatic ring is 1. The van der Waals surface area contributed by atoms with Crippen molar-refractivity contribution < 1.29 is 14.4 Å². The minimum Gasteiger partial charge on any atom is -0.395 e. The zero-order valence-electron chi connectivity index (χ0n) is 19.6. The summed E-state index contributed by atoms with van der Waals surface area (Å²) in [5.74, 6) is -1.43. The number of carbonyl (C=O) groups excluding carboxylic acids is 3. The number of nitrogens with two attached hydrogens (primary N) is 2. The van der Waals surface area contributed by atoms with Gasteiger partial charge in [0.05, 0.1) is 5.69 Å². The molecule has 0 spiro atoms. The van der Waals surface area contributed by atoms with Gasteiger partial charge >= 0.3 is 0 Å². The maximum atomic E-state index is 13.7. The lowest BCUT2D eigenvalue weighted by atomic mass is 9.98. The maximum Gasteiger partial charge on any atom is 0.272 e. The first-order valence-corrected chi connectivity index (χ1v) is 11.4. The van der Waals surface area contributed by atoms with Gasteiger partial charge in [-0.15, -0.1) is 0 Å². The minimum absolute atomic E-state index is 0.0674. The van der Waals surface area contributed by atoms with Crippen molar-refractivity contribution in [3.63, 3.8) is 0 Å². The molecular formula is C23H33N5O3S. The monoisotopic (exact) mass is 459 g/mol. The van der Waals surface area contributed by atoms with Crippen LogP contribution in [0.1, 0.15) is 73.7 Å². The highest BCUT2D eigenvalue weighted by Gasteiger charge is 2.36. The lowest BCUT2D eigenvalue weighted by Gasteiger charge is -2.34. The second kappa shape index (κ2) is 10.1. The normalized spacial score (nSPS) is 12.5. The van der Waals surface area contributed by atoms with E-state index in [1.807, 2.05) is 65.8 Å². The summed E-state index contributed by atoms with van der Waals surface area (Å²) in [6, 6.07) is 6.71. The van der Waals surface area contributed by atoms with E-state index < -0.39 is 23.4 Å². The standard InChI is InChI=1S/C23H33N5O3S/c1-7-14-8-10-15(11-9-14)28(16(12-13(2)3)21(30)26-23(4,5)6)22(31)19-17(24)18(20(25)29)27-32-19/h8-11,13,16H,7,12,24H2,1-6H3,(H2,25,29)(H,26,30)/t16-/m1/s1. The fraction of sp³-hybridized carbons (Fsp3) is 0.478. The Morgan fingerprint density at radius 3 is 2.19 bits per heavy atom. The van der Waals surface area contributed by atoms with E-state index in [4.69, 9.17) is 11.5 Å². The molecule has 0 aliphatic carbocycles. The fourth-order valence-corrected chi connectivity index (χ4v) is 4.04. The molecule has 0 bridgehead atoms. The Bertz CT molecular complexity index is 977. The molecule has 1 heterocycles. The molecule has 1 aromatic carbocycles. The second-order valence-corrected chi connectivity index (χ2v) is 9.99. The van der Waals surface area contributed by atoms with Crippen molar-refractivity contribution in [2.75, 3.05) is 10.6 Å². The van der Waals surface area contributed by atoms with Gasteiger partial charge in [-0.3, -0.25) is 19.3 Å². The van der Waals surface area contributed by atoms with Crippen LogP contribution in [0.15, 0.2) is 24.3 Å². The lowest BCUT2D eigenvalue weighted by Crippen LogP contribution is -2.54. The van der Waals surface area contributed by atoms with Crippen LogP contribution in [-0.4, -0.2) is 33.7 Å². The number of benzene rings is 1. The molecule has 32 heavy (non-hydrogen) atoms. The number of hydrogen-bond donors (Lipinski definition) is 3. The number of hydrogen-bond acceptors (Lipinski definition) is 6. The largest absolute Gasteiger partial charge is 0.395 e. The Hall–Kier alpha value is -2.94. The number of nitrogens with one attached hydrogen (secondary N) is 1. The summed E-state index contributed by atoms with van der Waals surface area (Å²) in [4.78, 5) is 40.2. The number of amides is 3. The van der Waals surface area contributed by atoms with Gasteiger partial charge in [0.15, 0.2) is 5.69 Å². The Morgan fingerprint density at radius 2 is 1.75 bits per heavy atom. The molecule has 0 aliphatic heterocycles. The van der Waals surface area contributed by atoms with Crippen molar-refractivity contribution >= 4 is 40.6 Å². The van der Waals surface area contributed by atoms with Crippen molar-refractivity contribution in [3.8, 4) is 0 Å². The molecule has 2 aromatic rings. The first kappa shape index (κ1) is 25.3. The number of rotatable bonds is 8. The molecule has 0 saturated carbocycles. The fourth-order valence-electron chi connectivity index (χ4n) is 3.30. The topological polar surface area (TPSA) is 131 Å². The molecule has 1 atom stereocenters. The first-order valence-electron chi connectivity index (χ1n) is 10.6. The van der Waals surface area contributed by atoms with Crippen molar-refractivity contribution in [1.29, 1.82) is 0 Å². The Kier molecular flexibility index (Phi) is 8.01. The molecule has 2 rings (SSSR count). The summed E-state index contributed by atoms with van der Waals surface area (Å²) in [5.41, 5.74) is 12.4. The van der Waals surface area contributed by atoms with Gasteiger partial charge in [-0.2, -0.15) is 4.37 Å². The zero-order valence-corrected chi connectivity index (χ0v) is 20.4. The van der Waals surface area contributed by atoms with Crippen LogP contribution < -0.4 is 21.7 Å². The summed E-state index contributed by atoms with van der Waals surface area (Å²) in [5, 5.41) is 2.99. The van der Waals surface area contributed by atoms with Crippen LogP contribution in [0.3, 0.4) is 0 Å². The SMILES string of the molecule is CCc1ccc(N(C(=O)c2snc(C(N)=O)c2N)[C@H](CC(C)C)C(=O)NC(C)(C)C)cc1. The molecule has 0 fully saturated rings. The average molecular weight is 460 g/mol. The molecule has 174 valence electrons. The van der Waals surface area contributed by atoms with E-state index in [1.165, 1.54) is 4.90 Å². The van der Waals surface area contributed by atoms with Gasteiger partial charge in [-0.1, -0.05) is 32.9 Å². The predicted octanol–water partition coefficient (Wildman–Crippen LogP) is 3.36. The highest BCUT2D eigenvalue weighted by molar-refractivity contribution is 7.09. The molecule has 0 unspecified atom stereocenters. The molecule has 3 amide bonds. The van der Waals surface area contributed by atoms with Gasteiger partial charge in [0.25, 0.3) is 11.8 Å². The maximum absolute atomic E-state index is 13.7. The van der Waals surface area contributed by atoms with E-state index in [9.17, 15) is 14.4 Å². The summed E-state index contributed by atoms with van der Waals surface area (Å²) in [7, 11) is 0. The molecule has 9 heteroatoms. The molecular weight excluding hydrogens is 426 g/mol. The molecule has 0 radical (unpaired) electrons. The minimum atomic E-state index is -0.805. The number of carbonyl (C=O) groups is 3. The van der Waals surface area contributed by atoms with Crippen LogP contribution in [0, 0.1) is 5.92 Å². The number of primary amides is 1. The Morgan fingerprint density at radius 1 is 1.16 bits per heavy atom. The molecule has 0 aliphatic rings. The Labute approximate surface area is 193 Å². The number of aryl methyl sites for hydroxylation is 1. The van der Waals surface area contributed by atoms with Gasteiger partial charge < -0.3 is 16.8 Å². The van der Waals surface area contributed by atoms with Crippen LogP contribution in [0.5, 0.6) is 0 Å². The number of anilines is 2. The van der Waals surface area contributed by atoms with Crippen LogP contribution in [0.25, 0.3) is 0 Å². The van der Waals surface area contributed by atoms with Gasteiger partial charge in [0.2, 0.25) is 5.91 Å². The van der Waals surface area contributed by atoms with Gasteiger partial charge in [0.1, 0.15) is 10.9 Å². The van der Waals surface area contributed by atoms with Crippen LogP contribution >= 0.6 is 11.5 Å². The summed E-state index contributed by atoms with van der Waals surface area (Å²) in [6.45, 7) is 11.7. The second-order valence-electron chi connectivity index (χ2n) is 9.22. The van der Waals surface area contributed by atoms with E-state index >= 15 is 0 Å². The van der Waals surface area contributed by atoms with Crippen molar-refractivity contribution in [3.05, 3.63) is 40.4 Å². The zero-order chi connectivity index (χ0) is 24.2. The van der Waals surface area contributed by atoms with E-state index in [-0.39, 0.29) is 28.1 Å². The van der Waals surface area contributed by atoms with E-state index in [2.05, 4.69) is 9.69 Å². The van der Waals surface area contributed by atoms with Crippen LogP contribution in [0.4, 0.5) is 11.4 Å². The van der Waals surface area contributed by atoms with E-state index in [1.54, 1.807) is 0 Å². The third kappa shape index (κ3) is 6.06. The highest BCUT2D eigenvalue weighted by atomic mass is 32.1. The number of aromatic nitrogens is 1. The smallest absolute Gasteiger partial charge is 0.272 e. The van der Waals surface area contributed by atoms with Gasteiger partial charge in [-0.25, -0.2) is 0 Å². The van der Waals surface area contributed by atoms with Crippen LogP contribution in [0.2, 0.25) is 0 Å². The quantitative estimate of drug-likeness (QED) is 0.557. The van der Waals surface area contributed by atoms with Gasteiger partial charge in [-0.05, 0) is 68.8 Å². The average Bonchev–Trinajstić information content (AvgIpc) is 3.07. The lowest BCUT2D eigenvalue weighted by molar-refractivity contribution is -0.124. The predicted molar refractivity (Wildman–Crippen MR) is 129 cm³/mol. The highest BCUT2D eigenvalue weighted by Crippen LogP contribution is 2.29.